The fourth-order valence-corrected chi connectivity index (χ4v) is 3.02. The van der Waals surface area contributed by atoms with E-state index in [4.69, 9.17) is 32.1 Å². The Bertz CT molecular complexity index is 558. The normalized spacial score (nSPS) is 25.1. The summed E-state index contributed by atoms with van der Waals surface area (Å²) in [6.45, 7) is 1.59. The van der Waals surface area contributed by atoms with Crippen molar-refractivity contribution < 1.29 is 17.9 Å². The number of alkyl halides is 4. The molecule has 0 aliphatic carbocycles. The summed E-state index contributed by atoms with van der Waals surface area (Å²) < 4.78 is 43.4. The number of rotatable bonds is 4. The molecule has 1 aliphatic rings. The first-order valence-electron chi connectivity index (χ1n) is 5.53. The van der Waals surface area contributed by atoms with Gasteiger partial charge in [0, 0.05) is 25.1 Å². The van der Waals surface area contributed by atoms with E-state index in [2.05, 4.69) is 0 Å². The van der Waals surface area contributed by atoms with Crippen LogP contribution in [0.1, 0.15) is 6.92 Å². The summed E-state index contributed by atoms with van der Waals surface area (Å²) in [4.78, 5) is -1.99. The molecular formula is C11H8ClF3N4OS. The third-order valence-corrected chi connectivity index (χ3v) is 4.24. The van der Waals surface area contributed by atoms with Crippen molar-refractivity contribution in [3.05, 3.63) is 11.1 Å². The molecule has 0 saturated carbocycles. The third kappa shape index (κ3) is 3.42. The first kappa shape index (κ1) is 17.6. The molecule has 112 valence electrons. The van der Waals surface area contributed by atoms with Crippen molar-refractivity contribution in [1.82, 2.24) is 4.31 Å². The minimum atomic E-state index is -4.61. The van der Waals surface area contributed by atoms with Crippen molar-refractivity contribution in [3.63, 3.8) is 0 Å². The summed E-state index contributed by atoms with van der Waals surface area (Å²) in [6.07, 6.45) is -0.926. The molecule has 1 rings (SSSR count). The van der Waals surface area contributed by atoms with E-state index in [-0.39, 0.29) is 13.2 Å². The van der Waals surface area contributed by atoms with Crippen molar-refractivity contribution in [1.29, 1.82) is 15.8 Å². The number of allylic oxidation sites excluding steroid dienone is 1. The number of hydrogen-bond acceptors (Lipinski definition) is 6. The van der Waals surface area contributed by atoms with Crippen molar-refractivity contribution >= 4 is 23.5 Å². The lowest BCUT2D eigenvalue weighted by molar-refractivity contribution is -0.0753. The molecule has 0 N–H and O–H groups in total. The fraction of sp³-hybridized carbons (Fsp3) is 0.545. The molecule has 1 heterocycles. The average molecular weight is 337 g/mol. The quantitative estimate of drug-likeness (QED) is 0.339. The summed E-state index contributed by atoms with van der Waals surface area (Å²) in [5.74, 6) is 0. The van der Waals surface area contributed by atoms with Crippen LogP contribution in [0.4, 0.5) is 13.2 Å². The highest BCUT2D eigenvalue weighted by Crippen LogP contribution is 2.51. The van der Waals surface area contributed by atoms with Crippen LogP contribution in [0, 0.1) is 34.0 Å². The Labute approximate surface area is 128 Å². The van der Waals surface area contributed by atoms with Crippen LogP contribution in [-0.4, -0.2) is 34.1 Å². The Balaban J connectivity index is 3.27. The third-order valence-electron chi connectivity index (χ3n) is 2.64. The van der Waals surface area contributed by atoms with Gasteiger partial charge < -0.3 is 4.74 Å². The molecule has 0 aromatic rings. The van der Waals surface area contributed by atoms with E-state index in [1.165, 1.54) is 12.1 Å². The summed E-state index contributed by atoms with van der Waals surface area (Å²) in [6, 6.07) is 4.47. The maximum absolute atomic E-state index is 12.5. The van der Waals surface area contributed by atoms with Crippen molar-refractivity contribution in [2.75, 3.05) is 13.2 Å². The molecular weight excluding hydrogens is 329 g/mol. The molecule has 5 nitrogen and oxygen atoms in total. The molecule has 1 fully saturated rings. The highest BCUT2D eigenvalue weighted by atomic mass is 35.5. The first-order valence-corrected chi connectivity index (χ1v) is 6.68. The van der Waals surface area contributed by atoms with Gasteiger partial charge >= 0.3 is 5.51 Å². The number of nitrogens with zero attached hydrogens (tertiary/aromatic N) is 4. The van der Waals surface area contributed by atoms with Gasteiger partial charge in [-0.2, -0.15) is 29.0 Å². The monoisotopic (exact) mass is 336 g/mol. The van der Waals surface area contributed by atoms with Crippen LogP contribution in [-0.2, 0) is 4.74 Å². The maximum atomic E-state index is 12.5. The Morgan fingerprint density at radius 3 is 2.33 bits per heavy atom. The van der Waals surface area contributed by atoms with Gasteiger partial charge in [-0.15, -0.1) is 0 Å². The highest BCUT2D eigenvalue weighted by molar-refractivity contribution is 7.98. The zero-order valence-corrected chi connectivity index (χ0v) is 12.2. The lowest BCUT2D eigenvalue weighted by atomic mass is 9.91. The molecule has 2 atom stereocenters. The first-order chi connectivity index (χ1) is 9.74. The van der Waals surface area contributed by atoms with Gasteiger partial charge in [-0.25, -0.2) is 4.31 Å². The van der Waals surface area contributed by atoms with Crippen molar-refractivity contribution in [2.45, 2.75) is 23.5 Å². The number of nitriles is 3. The largest absolute Gasteiger partial charge is 0.456 e. The Kier molecular flexibility index (Phi) is 5.49. The molecule has 1 aliphatic heterocycles. The smallest absolute Gasteiger partial charge is 0.373 e. The van der Waals surface area contributed by atoms with Gasteiger partial charge in [0.15, 0.2) is 5.00 Å². The van der Waals surface area contributed by atoms with Gasteiger partial charge in [0.1, 0.15) is 29.9 Å². The lowest BCUT2D eigenvalue weighted by Crippen LogP contribution is -2.67. The van der Waals surface area contributed by atoms with Crippen molar-refractivity contribution in [2.24, 2.45) is 0 Å². The topological polar surface area (TPSA) is 83.8 Å². The predicted octanol–water partition coefficient (Wildman–Crippen LogP) is 2.68. The van der Waals surface area contributed by atoms with Crippen LogP contribution in [0.25, 0.3) is 0 Å². The second-order valence-corrected chi connectivity index (χ2v) is 5.46. The molecule has 1 saturated heterocycles. The average Bonchev–Trinajstić information content (AvgIpc) is 2.41. The molecule has 21 heavy (non-hydrogen) atoms. The molecule has 2 unspecified atom stereocenters. The maximum Gasteiger partial charge on any atom is 0.456 e. The van der Waals surface area contributed by atoms with E-state index in [1.54, 1.807) is 13.0 Å². The zero-order chi connectivity index (χ0) is 16.3. The van der Waals surface area contributed by atoms with Crippen LogP contribution >= 0.6 is 23.5 Å². The highest BCUT2D eigenvalue weighted by Gasteiger charge is 2.60. The van der Waals surface area contributed by atoms with Gasteiger partial charge in [0.05, 0.1) is 5.57 Å². The molecule has 0 radical (unpaired) electrons. The van der Waals surface area contributed by atoms with Crippen LogP contribution < -0.4 is 0 Å². The predicted molar refractivity (Wildman–Crippen MR) is 68.2 cm³/mol. The number of halogens is 4. The minimum absolute atomic E-state index is 0.164. The van der Waals surface area contributed by atoms with Crippen LogP contribution in [0.3, 0.4) is 0 Å². The second-order valence-electron chi connectivity index (χ2n) is 3.80. The summed E-state index contributed by atoms with van der Waals surface area (Å²) in [5.41, 5.74) is -5.79. The summed E-state index contributed by atoms with van der Waals surface area (Å²) in [7, 11) is 0. The van der Waals surface area contributed by atoms with E-state index in [0.29, 0.717) is 4.31 Å². The molecule has 0 spiro atoms. The molecule has 0 amide bonds. The molecule has 0 aromatic heterocycles. The lowest BCUT2D eigenvalue weighted by Gasteiger charge is -2.52. The number of ether oxygens (including phenoxy) is 1. The molecule has 10 heteroatoms. The Morgan fingerprint density at radius 2 is 1.95 bits per heavy atom. The van der Waals surface area contributed by atoms with Crippen LogP contribution in [0.2, 0.25) is 0 Å². The number of hydrogen-bond donors (Lipinski definition) is 0. The SMILES string of the molecule is CCOC1CN(SC(F)(F)F)C1(Cl)C(C#N)=C(C#N)C#N. The Morgan fingerprint density at radius 1 is 1.38 bits per heavy atom. The van der Waals surface area contributed by atoms with Gasteiger partial charge in [-0.1, -0.05) is 11.6 Å². The van der Waals surface area contributed by atoms with E-state index in [0.717, 1.165) is 0 Å². The molecule has 0 bridgehead atoms. The standard InChI is InChI=1S/C11H8ClF3N4OS/c1-2-20-9-6-19(21-11(13,14)15)10(9,12)8(5-18)7(3-16)4-17/h9H,2,6H2,1H3. The van der Waals surface area contributed by atoms with Gasteiger partial charge in [0.25, 0.3) is 0 Å². The van der Waals surface area contributed by atoms with Gasteiger partial charge in [-0.3, -0.25) is 0 Å². The van der Waals surface area contributed by atoms with Gasteiger partial charge in [-0.05, 0) is 6.92 Å². The van der Waals surface area contributed by atoms with E-state index < -0.39 is 39.7 Å². The zero-order valence-electron chi connectivity index (χ0n) is 10.6. The van der Waals surface area contributed by atoms with Gasteiger partial charge in [0.2, 0.25) is 0 Å². The van der Waals surface area contributed by atoms with E-state index in [9.17, 15) is 13.2 Å². The van der Waals surface area contributed by atoms with Crippen molar-refractivity contribution in [3.8, 4) is 18.2 Å². The fourth-order valence-electron chi connectivity index (χ4n) is 1.78. The minimum Gasteiger partial charge on any atom is -0.373 e. The van der Waals surface area contributed by atoms with E-state index >= 15 is 0 Å². The second kappa shape index (κ2) is 6.55. The van der Waals surface area contributed by atoms with Crippen LogP contribution in [0.15, 0.2) is 11.1 Å². The summed E-state index contributed by atoms with van der Waals surface area (Å²) >= 11 is 5.62. The van der Waals surface area contributed by atoms with Crippen LogP contribution in [0.5, 0.6) is 0 Å². The molecule has 0 aromatic carbocycles. The Hall–Kier alpha value is -1.44. The van der Waals surface area contributed by atoms with E-state index in [1.807, 2.05) is 0 Å². The summed E-state index contributed by atoms with van der Waals surface area (Å²) in [5, 5.41) is 26.7.